The Morgan fingerprint density at radius 2 is 2.12 bits per heavy atom. The first-order chi connectivity index (χ1) is 11.4. The van der Waals surface area contributed by atoms with Gasteiger partial charge < -0.3 is 15.0 Å². The Labute approximate surface area is 141 Å². The van der Waals surface area contributed by atoms with Gasteiger partial charge in [0.25, 0.3) is 17.2 Å². The molecule has 0 aliphatic heterocycles. The van der Waals surface area contributed by atoms with Crippen LogP contribution in [0.5, 0.6) is 0 Å². The number of rotatable bonds is 6. The van der Waals surface area contributed by atoms with Gasteiger partial charge in [-0.15, -0.1) is 0 Å². The lowest BCUT2D eigenvalue weighted by atomic mass is 10.2. The van der Waals surface area contributed by atoms with E-state index >= 15 is 0 Å². The molecule has 0 fully saturated rings. The average Bonchev–Trinajstić information content (AvgIpc) is 2.55. The van der Waals surface area contributed by atoms with Gasteiger partial charge in [0.1, 0.15) is 5.02 Å². The van der Waals surface area contributed by atoms with Crippen LogP contribution in [0.4, 0.5) is 5.69 Å². The Morgan fingerprint density at radius 3 is 2.79 bits per heavy atom. The molecule has 1 heterocycles. The first kappa shape index (κ1) is 17.6. The average molecular weight is 352 g/mol. The van der Waals surface area contributed by atoms with E-state index in [0.717, 1.165) is 6.07 Å². The second-order valence-electron chi connectivity index (χ2n) is 4.98. The van der Waals surface area contributed by atoms with Crippen LogP contribution in [-0.2, 0) is 6.54 Å². The summed E-state index contributed by atoms with van der Waals surface area (Å²) in [5, 5.41) is 23.1. The van der Waals surface area contributed by atoms with Crippen molar-refractivity contribution in [3.63, 3.8) is 0 Å². The molecule has 0 aliphatic rings. The summed E-state index contributed by atoms with van der Waals surface area (Å²) in [5.41, 5.74) is -0.591. The van der Waals surface area contributed by atoms with Crippen molar-refractivity contribution < 1.29 is 14.8 Å². The minimum Gasteiger partial charge on any atom is -0.389 e. The Kier molecular flexibility index (Phi) is 5.67. The van der Waals surface area contributed by atoms with Crippen molar-refractivity contribution in [2.75, 3.05) is 6.54 Å². The molecule has 1 atom stereocenters. The highest BCUT2D eigenvalue weighted by molar-refractivity contribution is 6.32. The minimum absolute atomic E-state index is 0.0146. The summed E-state index contributed by atoms with van der Waals surface area (Å²) in [5.74, 6) is -0.589. The number of aliphatic hydroxyl groups excluding tert-OH is 1. The lowest BCUT2D eigenvalue weighted by molar-refractivity contribution is -0.384. The number of nitrogens with zero attached hydrogens (tertiary/aromatic N) is 2. The molecule has 0 bridgehead atoms. The summed E-state index contributed by atoms with van der Waals surface area (Å²) < 4.78 is 1.31. The lowest BCUT2D eigenvalue weighted by Crippen LogP contribution is -2.36. The van der Waals surface area contributed by atoms with E-state index in [4.69, 9.17) is 11.6 Å². The minimum atomic E-state index is -0.990. The molecular weight excluding hydrogens is 338 g/mol. The molecule has 24 heavy (non-hydrogen) atoms. The number of amides is 1. The molecule has 8 nitrogen and oxygen atoms in total. The number of nitro groups is 1. The number of aromatic nitrogens is 1. The standard InChI is InChI=1S/C15H14ClN3O5/c16-12-5-4-10(7-13(12)19(23)24)15(22)17-8-11(20)9-18-6-2-1-3-14(18)21/h1-7,11,20H,8-9H2,(H,17,22). The summed E-state index contributed by atoms with van der Waals surface area (Å²) >= 11 is 5.68. The highest BCUT2D eigenvalue weighted by atomic mass is 35.5. The molecule has 0 saturated heterocycles. The first-order valence-electron chi connectivity index (χ1n) is 6.94. The highest BCUT2D eigenvalue weighted by Crippen LogP contribution is 2.24. The Balaban J connectivity index is 1.98. The molecule has 2 N–H and O–H groups in total. The van der Waals surface area contributed by atoms with Crippen molar-refractivity contribution in [2.45, 2.75) is 12.6 Å². The number of nitro benzene ring substituents is 1. The topological polar surface area (TPSA) is 114 Å². The lowest BCUT2D eigenvalue weighted by Gasteiger charge is -2.13. The molecular formula is C15H14ClN3O5. The maximum Gasteiger partial charge on any atom is 0.288 e. The number of hydrogen-bond acceptors (Lipinski definition) is 5. The first-order valence-corrected chi connectivity index (χ1v) is 7.32. The van der Waals surface area contributed by atoms with Crippen molar-refractivity contribution in [3.05, 3.63) is 73.6 Å². The third-order valence-electron chi connectivity index (χ3n) is 3.21. The van der Waals surface area contributed by atoms with Gasteiger partial charge >= 0.3 is 0 Å². The molecule has 0 spiro atoms. The fraction of sp³-hybridized carbons (Fsp3) is 0.200. The normalized spacial score (nSPS) is 11.8. The smallest absolute Gasteiger partial charge is 0.288 e. The van der Waals surface area contributed by atoms with Gasteiger partial charge in [0, 0.05) is 30.4 Å². The van der Waals surface area contributed by atoms with Gasteiger partial charge in [-0.1, -0.05) is 17.7 Å². The summed E-state index contributed by atoms with van der Waals surface area (Å²) in [4.78, 5) is 33.7. The van der Waals surface area contributed by atoms with Crippen LogP contribution in [0.25, 0.3) is 0 Å². The highest BCUT2D eigenvalue weighted by Gasteiger charge is 2.17. The maximum absolute atomic E-state index is 12.0. The quantitative estimate of drug-likeness (QED) is 0.599. The molecule has 2 aromatic rings. The number of aliphatic hydroxyl groups is 1. The molecule has 0 radical (unpaired) electrons. The summed E-state index contributed by atoms with van der Waals surface area (Å²) in [6.07, 6.45) is 0.534. The molecule has 1 aromatic carbocycles. The number of nitrogens with one attached hydrogen (secondary N) is 1. The largest absolute Gasteiger partial charge is 0.389 e. The van der Waals surface area contributed by atoms with Crippen LogP contribution >= 0.6 is 11.6 Å². The summed E-state index contributed by atoms with van der Waals surface area (Å²) in [6.45, 7) is -0.0999. The zero-order chi connectivity index (χ0) is 17.7. The fourth-order valence-corrected chi connectivity index (χ4v) is 2.20. The van der Waals surface area contributed by atoms with Crippen molar-refractivity contribution in [1.82, 2.24) is 9.88 Å². The summed E-state index contributed by atoms with van der Waals surface area (Å²) in [6, 6.07) is 8.26. The van der Waals surface area contributed by atoms with Gasteiger partial charge in [-0.3, -0.25) is 19.7 Å². The Hall–Kier alpha value is -2.71. The number of pyridine rings is 1. The van der Waals surface area contributed by atoms with Crippen molar-refractivity contribution in [2.24, 2.45) is 0 Å². The Bertz CT molecular complexity index is 821. The third kappa shape index (κ3) is 4.40. The predicted molar refractivity (Wildman–Crippen MR) is 87.1 cm³/mol. The van der Waals surface area contributed by atoms with Gasteiger partial charge in [0.2, 0.25) is 0 Å². The number of benzene rings is 1. The number of carbonyl (C=O) groups excluding carboxylic acids is 1. The molecule has 1 unspecified atom stereocenters. The van der Waals surface area contributed by atoms with E-state index < -0.39 is 16.9 Å². The van der Waals surface area contributed by atoms with Crippen LogP contribution in [0.2, 0.25) is 5.02 Å². The van der Waals surface area contributed by atoms with Crippen molar-refractivity contribution >= 4 is 23.2 Å². The monoisotopic (exact) mass is 351 g/mol. The van der Waals surface area contributed by atoms with E-state index in [1.54, 1.807) is 12.1 Å². The number of halogens is 1. The maximum atomic E-state index is 12.0. The van der Waals surface area contributed by atoms with Crippen LogP contribution in [-0.4, -0.2) is 33.2 Å². The van der Waals surface area contributed by atoms with E-state index in [9.17, 15) is 24.8 Å². The van der Waals surface area contributed by atoms with E-state index in [-0.39, 0.29) is 34.9 Å². The second-order valence-corrected chi connectivity index (χ2v) is 5.39. The van der Waals surface area contributed by atoms with Gasteiger partial charge in [-0.2, -0.15) is 0 Å². The van der Waals surface area contributed by atoms with Crippen molar-refractivity contribution in [1.29, 1.82) is 0 Å². The predicted octanol–water partition coefficient (Wildman–Crippen LogP) is 1.20. The summed E-state index contributed by atoms with van der Waals surface area (Å²) in [7, 11) is 0. The van der Waals surface area contributed by atoms with Gasteiger partial charge in [-0.25, -0.2) is 0 Å². The molecule has 0 saturated carbocycles. The van der Waals surface area contributed by atoms with E-state index in [0.29, 0.717) is 0 Å². The van der Waals surface area contributed by atoms with Crippen molar-refractivity contribution in [3.8, 4) is 0 Å². The van der Waals surface area contributed by atoms with E-state index in [1.165, 1.54) is 29.0 Å². The van der Waals surface area contributed by atoms with E-state index in [2.05, 4.69) is 5.32 Å². The van der Waals surface area contributed by atoms with Crippen LogP contribution in [0.1, 0.15) is 10.4 Å². The van der Waals surface area contributed by atoms with Crippen LogP contribution in [0, 0.1) is 10.1 Å². The van der Waals surface area contributed by atoms with Gasteiger partial charge in [0.05, 0.1) is 17.6 Å². The molecule has 1 amide bonds. The van der Waals surface area contributed by atoms with Gasteiger partial charge in [0.15, 0.2) is 0 Å². The van der Waals surface area contributed by atoms with Crippen LogP contribution in [0.3, 0.4) is 0 Å². The number of carbonyl (C=O) groups is 1. The molecule has 9 heteroatoms. The number of hydrogen-bond donors (Lipinski definition) is 2. The zero-order valence-corrected chi connectivity index (χ0v) is 13.1. The second kappa shape index (κ2) is 7.71. The molecule has 0 aliphatic carbocycles. The van der Waals surface area contributed by atoms with Gasteiger partial charge in [-0.05, 0) is 18.2 Å². The SMILES string of the molecule is O=C(NCC(O)Cn1ccccc1=O)c1ccc(Cl)c([N+](=O)[O-])c1. The Morgan fingerprint density at radius 1 is 1.38 bits per heavy atom. The zero-order valence-electron chi connectivity index (χ0n) is 12.4. The molecule has 2 rings (SSSR count). The van der Waals surface area contributed by atoms with Crippen LogP contribution < -0.4 is 10.9 Å². The molecule has 126 valence electrons. The molecule has 1 aromatic heterocycles. The van der Waals surface area contributed by atoms with E-state index in [1.807, 2.05) is 0 Å². The van der Waals surface area contributed by atoms with Crippen LogP contribution in [0.15, 0.2) is 47.4 Å². The third-order valence-corrected chi connectivity index (χ3v) is 3.53. The fourth-order valence-electron chi connectivity index (χ4n) is 2.01.